The molecule has 0 aromatic heterocycles. The van der Waals surface area contributed by atoms with Crippen LogP contribution in [-0.4, -0.2) is 0 Å². The predicted octanol–water partition coefficient (Wildman–Crippen LogP) is 2.96. The first kappa shape index (κ1) is 18.1. The van der Waals surface area contributed by atoms with Gasteiger partial charge in [0.2, 0.25) is 0 Å². The summed E-state index contributed by atoms with van der Waals surface area (Å²) in [4.78, 5) is 1.49. The minimum atomic E-state index is 0. The molecular weight excluding hydrogens is 326 g/mol. The zero-order chi connectivity index (χ0) is 13.7. The quantitative estimate of drug-likeness (QED) is 0.439. The predicted molar refractivity (Wildman–Crippen MR) is 82.4 cm³/mol. The van der Waals surface area contributed by atoms with E-state index in [1.54, 1.807) is 0 Å². The van der Waals surface area contributed by atoms with Crippen LogP contribution in [0.1, 0.15) is 11.1 Å². The fraction of sp³-hybridized carbons (Fsp3) is 0.143. The number of nitrogens with two attached hydrogens (primary N) is 2. The van der Waals surface area contributed by atoms with Gasteiger partial charge in [-0.25, -0.2) is 0 Å². The maximum atomic E-state index is 5.48. The Labute approximate surface area is 138 Å². The summed E-state index contributed by atoms with van der Waals surface area (Å²) in [5, 5.41) is 0. The third kappa shape index (κ3) is 6.19. The van der Waals surface area contributed by atoms with Crippen LogP contribution in [0.25, 0.3) is 0 Å². The summed E-state index contributed by atoms with van der Waals surface area (Å²) in [6.07, 6.45) is 0. The molecule has 2 aromatic rings. The zero-order valence-electron chi connectivity index (χ0n) is 11.1. The van der Waals surface area contributed by atoms with Crippen LogP contribution in [0.3, 0.4) is 0 Å². The Morgan fingerprint density at radius 3 is 1.26 bits per heavy atom. The van der Waals surface area contributed by atoms with Gasteiger partial charge in [-0.2, -0.15) is 9.79 Å². The van der Waals surface area contributed by atoms with Gasteiger partial charge in [0, 0.05) is 11.4 Å². The van der Waals surface area contributed by atoms with Crippen LogP contribution in [0.5, 0.6) is 0 Å². The van der Waals surface area contributed by atoms with Crippen molar-refractivity contribution in [1.82, 2.24) is 0 Å². The van der Waals surface area contributed by atoms with E-state index in [9.17, 15) is 0 Å². The van der Waals surface area contributed by atoms with Crippen molar-refractivity contribution in [3.63, 3.8) is 0 Å². The first-order valence-electron chi connectivity index (χ1n) is 5.46. The van der Waals surface area contributed by atoms with Crippen LogP contribution in [0.4, 0.5) is 11.4 Å². The largest absolute Gasteiger partial charge is 2.00 e. The number of hydrogen-bond acceptors (Lipinski definition) is 4. The van der Waals surface area contributed by atoms with Crippen LogP contribution in [-0.2, 0) is 44.7 Å². The van der Waals surface area contributed by atoms with E-state index in [2.05, 4.69) is 0 Å². The van der Waals surface area contributed by atoms with Crippen molar-refractivity contribution in [2.75, 3.05) is 11.5 Å². The molecule has 0 heterocycles. The normalized spacial score (nSPS) is 8.95. The van der Waals surface area contributed by atoms with Crippen LogP contribution in [0, 0.1) is 13.8 Å². The van der Waals surface area contributed by atoms with Crippen molar-refractivity contribution in [2.24, 2.45) is 0 Å². The van der Waals surface area contributed by atoms with Crippen molar-refractivity contribution < 1.29 is 19.5 Å². The van der Waals surface area contributed by atoms with Gasteiger partial charge >= 0.3 is 19.5 Å². The Hall–Kier alpha value is -0.897. The monoisotopic (exact) mass is 340 g/mol. The van der Waals surface area contributed by atoms with E-state index >= 15 is 0 Å². The number of hydrogen-bond donors (Lipinski definition) is 2. The molecule has 0 aliphatic heterocycles. The number of benzene rings is 2. The van der Waals surface area contributed by atoms with Crippen LogP contribution >= 0.6 is 0 Å². The standard InChI is InChI=1S/2C7H9NS.Zn/c2*1-5-2-3-6(8)7(9)4-5;/h2*2-4,9H,8H2,1H3;/q;;+2/p-2. The minimum Gasteiger partial charge on any atom is -0.778 e. The molecule has 0 atom stereocenters. The van der Waals surface area contributed by atoms with E-state index in [0.29, 0.717) is 11.4 Å². The number of rotatable bonds is 0. The Morgan fingerprint density at radius 1 is 0.737 bits per heavy atom. The second kappa shape index (κ2) is 8.31. The molecule has 0 saturated heterocycles. The third-order valence-corrected chi connectivity index (χ3v) is 3.05. The summed E-state index contributed by atoms with van der Waals surface area (Å²) in [5.74, 6) is 0. The molecular formula is C14H16N2S2Zn. The molecule has 0 saturated carbocycles. The van der Waals surface area contributed by atoms with Gasteiger partial charge in [-0.3, -0.25) is 0 Å². The summed E-state index contributed by atoms with van der Waals surface area (Å²) in [7, 11) is 0. The van der Waals surface area contributed by atoms with E-state index < -0.39 is 0 Å². The van der Waals surface area contributed by atoms with Gasteiger partial charge in [-0.1, -0.05) is 35.4 Å². The molecule has 0 radical (unpaired) electrons. The molecule has 2 nitrogen and oxygen atoms in total. The molecule has 2 rings (SSSR count). The molecule has 0 unspecified atom stereocenters. The average Bonchev–Trinajstić information content (AvgIpc) is 2.30. The zero-order valence-corrected chi connectivity index (χ0v) is 15.7. The van der Waals surface area contributed by atoms with Gasteiger partial charge in [-0.05, 0) is 26.0 Å². The van der Waals surface area contributed by atoms with E-state index in [-0.39, 0.29) is 19.5 Å². The fourth-order valence-electron chi connectivity index (χ4n) is 1.28. The van der Waals surface area contributed by atoms with Crippen LogP contribution < -0.4 is 11.5 Å². The minimum absolute atomic E-state index is 0. The van der Waals surface area contributed by atoms with Crippen LogP contribution in [0.2, 0.25) is 0 Å². The Morgan fingerprint density at radius 2 is 1.05 bits per heavy atom. The Balaban J connectivity index is 0.000000324. The maximum absolute atomic E-state index is 5.48. The first-order chi connectivity index (χ1) is 8.40. The Kier molecular flexibility index (Phi) is 7.92. The average molecular weight is 342 g/mol. The maximum Gasteiger partial charge on any atom is 2.00 e. The number of aryl methyl sites for hydroxylation is 2. The summed E-state index contributed by atoms with van der Waals surface area (Å²) < 4.78 is 0. The molecule has 0 aliphatic carbocycles. The third-order valence-electron chi connectivity index (χ3n) is 2.34. The SMILES string of the molecule is Cc1ccc(N)c([S-])c1.Cc1ccc(N)c([S-])c1.[Zn+2]. The second-order valence-corrected chi connectivity index (χ2v) is 4.96. The van der Waals surface area contributed by atoms with Crippen molar-refractivity contribution in [3.8, 4) is 0 Å². The van der Waals surface area contributed by atoms with Crippen LogP contribution in [0.15, 0.2) is 46.2 Å². The van der Waals surface area contributed by atoms with Gasteiger partial charge < -0.3 is 36.7 Å². The number of anilines is 2. The van der Waals surface area contributed by atoms with E-state index in [4.69, 9.17) is 36.7 Å². The second-order valence-electron chi connectivity index (χ2n) is 4.08. The Bertz CT molecular complexity index is 495. The van der Waals surface area contributed by atoms with E-state index in [1.165, 1.54) is 0 Å². The van der Waals surface area contributed by atoms with Crippen molar-refractivity contribution in [3.05, 3.63) is 47.5 Å². The molecule has 0 amide bonds. The van der Waals surface area contributed by atoms with Gasteiger partial charge in [-0.15, -0.1) is 0 Å². The first-order valence-corrected chi connectivity index (χ1v) is 6.28. The van der Waals surface area contributed by atoms with Crippen molar-refractivity contribution >= 4 is 36.6 Å². The molecule has 0 aliphatic rings. The van der Waals surface area contributed by atoms with Crippen molar-refractivity contribution in [2.45, 2.75) is 23.6 Å². The molecule has 4 N–H and O–H groups in total. The molecule has 0 spiro atoms. The van der Waals surface area contributed by atoms with E-state index in [1.807, 2.05) is 50.2 Å². The molecule has 2 aromatic carbocycles. The van der Waals surface area contributed by atoms with Crippen molar-refractivity contribution in [1.29, 1.82) is 0 Å². The topological polar surface area (TPSA) is 52.0 Å². The van der Waals surface area contributed by atoms with Gasteiger partial charge in [0.1, 0.15) is 0 Å². The smallest absolute Gasteiger partial charge is 0.778 e. The summed E-state index contributed by atoms with van der Waals surface area (Å²) in [6.45, 7) is 3.99. The number of nitrogen functional groups attached to an aromatic ring is 2. The fourth-order valence-corrected chi connectivity index (χ4v) is 1.79. The molecule has 19 heavy (non-hydrogen) atoms. The molecule has 96 valence electrons. The molecule has 5 heteroatoms. The molecule has 0 fully saturated rings. The molecule has 0 bridgehead atoms. The van der Waals surface area contributed by atoms with Gasteiger partial charge in [0.15, 0.2) is 0 Å². The summed E-state index contributed by atoms with van der Waals surface area (Å²) >= 11 is 9.83. The van der Waals surface area contributed by atoms with Gasteiger partial charge in [0.05, 0.1) is 0 Å². The summed E-state index contributed by atoms with van der Waals surface area (Å²) in [6, 6.07) is 11.3. The summed E-state index contributed by atoms with van der Waals surface area (Å²) in [5.41, 5.74) is 14.7. The van der Waals surface area contributed by atoms with Gasteiger partial charge in [0.25, 0.3) is 0 Å². The van der Waals surface area contributed by atoms with E-state index in [0.717, 1.165) is 20.9 Å².